The monoisotopic (exact) mass is 233 g/mol. The van der Waals surface area contributed by atoms with Crippen molar-refractivity contribution in [1.29, 1.82) is 5.26 Å². The summed E-state index contributed by atoms with van der Waals surface area (Å²) in [5, 5.41) is 9.83. The third-order valence-corrected chi connectivity index (χ3v) is 3.74. The Labute approximate surface area is 99.8 Å². The normalized spacial score (nSPS) is 24.4. The van der Waals surface area contributed by atoms with Gasteiger partial charge < -0.3 is 4.74 Å². The predicted molar refractivity (Wildman–Crippen MR) is 61.8 cm³/mol. The van der Waals surface area contributed by atoms with E-state index in [1.165, 1.54) is 0 Å². The molecule has 16 heavy (non-hydrogen) atoms. The molecular weight excluding hydrogens is 222 g/mol. The molecule has 0 N–H and O–H groups in total. The molecule has 1 aromatic carbocycles. The van der Waals surface area contributed by atoms with Gasteiger partial charge in [-0.15, -0.1) is 0 Å². The molecule has 1 fully saturated rings. The van der Waals surface area contributed by atoms with Crippen molar-refractivity contribution >= 4 is 11.6 Å². The van der Waals surface area contributed by atoms with Crippen molar-refractivity contribution < 1.29 is 4.74 Å². The van der Waals surface area contributed by atoms with E-state index in [4.69, 9.17) is 16.3 Å². The lowest BCUT2D eigenvalue weighted by Gasteiger charge is -2.10. The minimum absolute atomic E-state index is 0.194. The quantitative estimate of drug-likeness (QED) is 0.746. The van der Waals surface area contributed by atoms with Crippen molar-refractivity contribution in [3.05, 3.63) is 28.3 Å². The lowest BCUT2D eigenvalue weighted by molar-refractivity contribution is 0.255. The zero-order valence-corrected chi connectivity index (χ0v) is 9.84. The molecule has 1 aromatic rings. The van der Waals surface area contributed by atoms with Crippen molar-refractivity contribution in [2.24, 2.45) is 0 Å². The summed E-state index contributed by atoms with van der Waals surface area (Å²) in [6.45, 7) is 2.03. The molecule has 1 heterocycles. The maximum Gasteiger partial charge on any atom is 0.141 e. The molecule has 1 atom stereocenters. The van der Waals surface area contributed by atoms with E-state index in [1.54, 1.807) is 0 Å². The summed E-state index contributed by atoms with van der Waals surface area (Å²) < 4.78 is 5.64. The average molecular weight is 234 g/mol. The van der Waals surface area contributed by atoms with Gasteiger partial charge in [0.1, 0.15) is 11.9 Å². The van der Waals surface area contributed by atoms with E-state index in [2.05, 4.69) is 12.1 Å². The van der Waals surface area contributed by atoms with Crippen LogP contribution in [0.4, 0.5) is 0 Å². The molecule has 0 radical (unpaired) electrons. The highest BCUT2D eigenvalue weighted by Crippen LogP contribution is 2.50. The van der Waals surface area contributed by atoms with Crippen molar-refractivity contribution in [2.45, 2.75) is 37.7 Å². The highest BCUT2D eigenvalue weighted by molar-refractivity contribution is 6.32. The second-order valence-corrected chi connectivity index (χ2v) is 5.18. The van der Waals surface area contributed by atoms with Crippen LogP contribution in [0.15, 0.2) is 12.1 Å². The topological polar surface area (TPSA) is 33.0 Å². The number of hydrogen-bond donors (Lipinski definition) is 0. The molecule has 0 bridgehead atoms. The van der Waals surface area contributed by atoms with Crippen LogP contribution in [-0.2, 0) is 11.8 Å². The minimum Gasteiger partial charge on any atom is -0.489 e. The van der Waals surface area contributed by atoms with E-state index in [9.17, 15) is 5.26 Å². The maximum absolute atomic E-state index is 9.18. The molecule has 1 unspecified atom stereocenters. The molecule has 1 aliphatic heterocycles. The van der Waals surface area contributed by atoms with E-state index in [1.807, 2.05) is 13.0 Å². The second-order valence-electron chi connectivity index (χ2n) is 4.77. The van der Waals surface area contributed by atoms with Crippen LogP contribution in [-0.4, -0.2) is 6.10 Å². The lowest BCUT2D eigenvalue weighted by atomic mass is 9.95. The molecule has 3 heteroatoms. The number of nitrogens with zero attached hydrogens (tertiary/aromatic N) is 1. The van der Waals surface area contributed by atoms with Gasteiger partial charge >= 0.3 is 0 Å². The van der Waals surface area contributed by atoms with E-state index in [0.29, 0.717) is 5.02 Å². The molecule has 2 nitrogen and oxygen atoms in total. The number of ether oxygens (including phenoxy) is 1. The van der Waals surface area contributed by atoms with Gasteiger partial charge in [-0.05, 0) is 37.0 Å². The number of benzene rings is 1. The molecule has 0 spiro atoms. The van der Waals surface area contributed by atoms with Gasteiger partial charge in [-0.1, -0.05) is 17.7 Å². The van der Waals surface area contributed by atoms with Gasteiger partial charge in [0.05, 0.1) is 16.5 Å². The van der Waals surface area contributed by atoms with Gasteiger partial charge in [0.15, 0.2) is 0 Å². The summed E-state index contributed by atoms with van der Waals surface area (Å²) in [5.74, 6) is 0.812. The van der Waals surface area contributed by atoms with Crippen LogP contribution >= 0.6 is 11.6 Å². The van der Waals surface area contributed by atoms with Crippen LogP contribution in [0, 0.1) is 11.3 Å². The second kappa shape index (κ2) is 3.15. The number of rotatable bonds is 1. The largest absolute Gasteiger partial charge is 0.489 e. The van der Waals surface area contributed by atoms with E-state index >= 15 is 0 Å². The summed E-state index contributed by atoms with van der Waals surface area (Å²) in [5.41, 5.74) is 1.96. The first kappa shape index (κ1) is 9.99. The molecule has 1 saturated carbocycles. The SMILES string of the molecule is CC1Cc2cc(C3(C#N)CC3)cc(Cl)c2O1. The summed E-state index contributed by atoms with van der Waals surface area (Å²) in [7, 11) is 0. The Bertz CT molecular complexity index is 499. The summed E-state index contributed by atoms with van der Waals surface area (Å²) in [6, 6.07) is 6.39. The molecular formula is C13H12ClNO. The zero-order valence-electron chi connectivity index (χ0n) is 9.09. The molecule has 0 aromatic heterocycles. The van der Waals surface area contributed by atoms with E-state index < -0.39 is 0 Å². The summed E-state index contributed by atoms with van der Waals surface area (Å²) in [6.07, 6.45) is 2.99. The van der Waals surface area contributed by atoms with E-state index in [0.717, 1.165) is 36.1 Å². The van der Waals surface area contributed by atoms with Crippen molar-refractivity contribution in [3.63, 3.8) is 0 Å². The van der Waals surface area contributed by atoms with Crippen LogP contribution < -0.4 is 4.74 Å². The summed E-state index contributed by atoms with van der Waals surface area (Å²) >= 11 is 6.20. The fourth-order valence-electron chi connectivity index (χ4n) is 2.35. The molecule has 0 saturated heterocycles. The first-order valence-corrected chi connectivity index (χ1v) is 5.93. The standard InChI is InChI=1S/C13H12ClNO/c1-8-4-9-5-10(13(7-15)2-3-13)6-11(14)12(9)16-8/h5-6,8H,2-4H2,1H3. The van der Waals surface area contributed by atoms with E-state index in [-0.39, 0.29) is 11.5 Å². The smallest absolute Gasteiger partial charge is 0.141 e. The Morgan fingerprint density at radius 1 is 1.50 bits per heavy atom. The zero-order chi connectivity index (χ0) is 11.3. The lowest BCUT2D eigenvalue weighted by Crippen LogP contribution is -2.05. The number of nitriles is 1. The molecule has 1 aliphatic carbocycles. The molecule has 2 aliphatic rings. The average Bonchev–Trinajstić information content (AvgIpc) is 2.96. The van der Waals surface area contributed by atoms with Crippen LogP contribution in [0.3, 0.4) is 0 Å². The molecule has 3 rings (SSSR count). The Morgan fingerprint density at radius 3 is 2.88 bits per heavy atom. The van der Waals surface area contributed by atoms with Gasteiger partial charge in [-0.3, -0.25) is 0 Å². The van der Waals surface area contributed by atoms with Gasteiger partial charge in [0.2, 0.25) is 0 Å². The van der Waals surface area contributed by atoms with Crippen LogP contribution in [0.1, 0.15) is 30.9 Å². The number of fused-ring (bicyclic) bond motifs is 1. The first-order chi connectivity index (χ1) is 7.64. The predicted octanol–water partition coefficient (Wildman–Crippen LogP) is 3.22. The Balaban J connectivity index is 2.09. The Kier molecular flexibility index (Phi) is 1.96. The molecule has 0 amide bonds. The van der Waals surface area contributed by atoms with Crippen LogP contribution in [0.2, 0.25) is 5.02 Å². The van der Waals surface area contributed by atoms with Gasteiger partial charge in [0.25, 0.3) is 0 Å². The molecule has 82 valence electrons. The van der Waals surface area contributed by atoms with Crippen molar-refractivity contribution in [1.82, 2.24) is 0 Å². The number of hydrogen-bond acceptors (Lipinski definition) is 2. The fraction of sp³-hybridized carbons (Fsp3) is 0.462. The van der Waals surface area contributed by atoms with Gasteiger partial charge in [0, 0.05) is 6.42 Å². The highest BCUT2D eigenvalue weighted by Gasteiger charge is 2.45. The third kappa shape index (κ3) is 1.32. The fourth-order valence-corrected chi connectivity index (χ4v) is 2.64. The third-order valence-electron chi connectivity index (χ3n) is 3.46. The maximum atomic E-state index is 9.18. The Hall–Kier alpha value is -1.20. The van der Waals surface area contributed by atoms with Crippen LogP contribution in [0.5, 0.6) is 5.75 Å². The van der Waals surface area contributed by atoms with Gasteiger partial charge in [-0.2, -0.15) is 5.26 Å². The summed E-state index contributed by atoms with van der Waals surface area (Å²) in [4.78, 5) is 0. The van der Waals surface area contributed by atoms with Crippen molar-refractivity contribution in [3.8, 4) is 11.8 Å². The van der Waals surface area contributed by atoms with Gasteiger partial charge in [-0.25, -0.2) is 0 Å². The number of halogens is 1. The highest BCUT2D eigenvalue weighted by atomic mass is 35.5. The van der Waals surface area contributed by atoms with Crippen LogP contribution in [0.25, 0.3) is 0 Å². The first-order valence-electron chi connectivity index (χ1n) is 5.55. The minimum atomic E-state index is -0.259. The van der Waals surface area contributed by atoms with Crippen molar-refractivity contribution in [2.75, 3.05) is 0 Å². The Morgan fingerprint density at radius 2 is 2.25 bits per heavy atom.